The van der Waals surface area contributed by atoms with E-state index < -0.39 is 0 Å². The lowest BCUT2D eigenvalue weighted by Crippen LogP contribution is -2.40. The topological polar surface area (TPSA) is 38.0 Å². The molecule has 0 aliphatic rings. The molecule has 0 aromatic heterocycles. The fourth-order valence-electron chi connectivity index (χ4n) is 0.678. The van der Waals surface area contributed by atoms with E-state index in [1.807, 2.05) is 11.8 Å². The summed E-state index contributed by atoms with van der Waals surface area (Å²) in [6.07, 6.45) is 0. The Balaban J connectivity index is 3.40. The zero-order chi connectivity index (χ0) is 7.98. The first-order chi connectivity index (χ1) is 4.72. The van der Waals surface area contributed by atoms with Crippen LogP contribution in [0.5, 0.6) is 0 Å². The Bertz CT molecular complexity index is 76.0. The molecule has 0 saturated carbocycles. The first-order valence-electron chi connectivity index (χ1n) is 3.76. The van der Waals surface area contributed by atoms with Gasteiger partial charge in [0.1, 0.15) is 0 Å². The summed E-state index contributed by atoms with van der Waals surface area (Å²) in [6.45, 7) is 6.53. The molecule has 62 valence electrons. The van der Waals surface area contributed by atoms with Crippen molar-refractivity contribution in [1.82, 2.24) is 5.43 Å². The summed E-state index contributed by atoms with van der Waals surface area (Å²) < 4.78 is 0. The van der Waals surface area contributed by atoms with E-state index in [9.17, 15) is 0 Å². The Kier molecular flexibility index (Phi) is 6.17. The van der Waals surface area contributed by atoms with E-state index in [4.69, 9.17) is 5.84 Å². The summed E-state index contributed by atoms with van der Waals surface area (Å²) in [5, 5.41) is 0. The fraction of sp³-hybridized carbons (Fsp3) is 1.00. The maximum absolute atomic E-state index is 5.35. The molecule has 1 unspecified atom stereocenters. The average molecular weight is 162 g/mol. The minimum Gasteiger partial charge on any atom is -0.271 e. The third kappa shape index (κ3) is 4.14. The maximum atomic E-state index is 5.35. The molecule has 0 aliphatic heterocycles. The zero-order valence-electron chi connectivity index (χ0n) is 7.05. The van der Waals surface area contributed by atoms with Crippen molar-refractivity contribution in [2.45, 2.75) is 26.8 Å². The number of rotatable bonds is 5. The summed E-state index contributed by atoms with van der Waals surface area (Å²) in [4.78, 5) is 0. The van der Waals surface area contributed by atoms with Crippen LogP contribution in [-0.4, -0.2) is 17.5 Å². The number of hydrogen-bond donors (Lipinski definition) is 2. The van der Waals surface area contributed by atoms with Crippen LogP contribution in [0.15, 0.2) is 0 Å². The second-order valence-electron chi connectivity index (χ2n) is 2.68. The van der Waals surface area contributed by atoms with Gasteiger partial charge in [-0.3, -0.25) is 11.3 Å². The van der Waals surface area contributed by atoms with Gasteiger partial charge in [0.25, 0.3) is 0 Å². The van der Waals surface area contributed by atoms with E-state index in [-0.39, 0.29) is 0 Å². The van der Waals surface area contributed by atoms with E-state index in [1.54, 1.807) is 0 Å². The molecule has 0 amide bonds. The van der Waals surface area contributed by atoms with Crippen LogP contribution in [0.3, 0.4) is 0 Å². The third-order valence-corrected chi connectivity index (χ3v) is 2.52. The first kappa shape index (κ1) is 10.3. The molecule has 2 nitrogen and oxygen atoms in total. The standard InChI is InChI=1S/C7H18N2S/c1-4-10-5-7(9-8)6(2)3/h6-7,9H,4-5,8H2,1-3H3. The molecule has 0 aromatic carbocycles. The molecule has 0 aliphatic carbocycles. The van der Waals surface area contributed by atoms with E-state index in [0.717, 1.165) is 5.75 Å². The lowest BCUT2D eigenvalue weighted by molar-refractivity contribution is 0.443. The second kappa shape index (κ2) is 6.01. The summed E-state index contributed by atoms with van der Waals surface area (Å²) in [6, 6.07) is 0.463. The van der Waals surface area contributed by atoms with Gasteiger partial charge >= 0.3 is 0 Å². The summed E-state index contributed by atoms with van der Waals surface area (Å²) in [7, 11) is 0. The number of thioether (sulfide) groups is 1. The van der Waals surface area contributed by atoms with Crippen molar-refractivity contribution in [2.24, 2.45) is 11.8 Å². The highest BCUT2D eigenvalue weighted by Crippen LogP contribution is 2.08. The Labute approximate surface area is 67.9 Å². The second-order valence-corrected chi connectivity index (χ2v) is 4.00. The van der Waals surface area contributed by atoms with Gasteiger partial charge in [0.05, 0.1) is 0 Å². The van der Waals surface area contributed by atoms with Gasteiger partial charge in [0.15, 0.2) is 0 Å². The normalized spacial score (nSPS) is 14.1. The van der Waals surface area contributed by atoms with Crippen molar-refractivity contribution >= 4 is 11.8 Å². The van der Waals surface area contributed by atoms with Crippen molar-refractivity contribution in [3.8, 4) is 0 Å². The van der Waals surface area contributed by atoms with E-state index in [2.05, 4.69) is 26.2 Å². The highest BCUT2D eigenvalue weighted by atomic mass is 32.2. The molecule has 1 atom stereocenters. The van der Waals surface area contributed by atoms with E-state index in [1.165, 1.54) is 5.75 Å². The third-order valence-electron chi connectivity index (χ3n) is 1.52. The van der Waals surface area contributed by atoms with Crippen molar-refractivity contribution in [2.75, 3.05) is 11.5 Å². The van der Waals surface area contributed by atoms with Gasteiger partial charge in [-0.1, -0.05) is 20.8 Å². The Morgan fingerprint density at radius 2 is 2.10 bits per heavy atom. The molecule has 0 spiro atoms. The average Bonchev–Trinajstić information content (AvgIpc) is 1.89. The predicted octanol–water partition coefficient (Wildman–Crippen LogP) is 1.23. The molecule has 0 rings (SSSR count). The Morgan fingerprint density at radius 1 is 1.50 bits per heavy atom. The molecule has 3 N–H and O–H groups in total. The van der Waals surface area contributed by atoms with Gasteiger partial charge in [-0.05, 0) is 11.7 Å². The number of hydrazine groups is 1. The van der Waals surface area contributed by atoms with Gasteiger partial charge in [0, 0.05) is 11.8 Å². The van der Waals surface area contributed by atoms with Crippen LogP contribution in [0.25, 0.3) is 0 Å². The van der Waals surface area contributed by atoms with Gasteiger partial charge in [-0.15, -0.1) is 0 Å². The lowest BCUT2D eigenvalue weighted by Gasteiger charge is -2.18. The van der Waals surface area contributed by atoms with Crippen molar-refractivity contribution in [1.29, 1.82) is 0 Å². The SMILES string of the molecule is CCSCC(NN)C(C)C. The molecule has 0 aromatic rings. The van der Waals surface area contributed by atoms with Crippen molar-refractivity contribution < 1.29 is 0 Å². The number of nitrogens with two attached hydrogens (primary N) is 1. The molecular weight excluding hydrogens is 144 g/mol. The van der Waals surface area contributed by atoms with Crippen LogP contribution in [0, 0.1) is 5.92 Å². The molecular formula is C7H18N2S. The van der Waals surface area contributed by atoms with Crippen molar-refractivity contribution in [3.63, 3.8) is 0 Å². The van der Waals surface area contributed by atoms with Crippen molar-refractivity contribution in [3.05, 3.63) is 0 Å². The summed E-state index contributed by atoms with van der Waals surface area (Å²) >= 11 is 1.93. The molecule has 0 heterocycles. The quantitative estimate of drug-likeness (QED) is 0.471. The van der Waals surface area contributed by atoms with Crippen LogP contribution in [0.4, 0.5) is 0 Å². The molecule has 0 radical (unpaired) electrons. The van der Waals surface area contributed by atoms with E-state index >= 15 is 0 Å². The maximum Gasteiger partial charge on any atom is 0.0324 e. The molecule has 3 heteroatoms. The minimum atomic E-state index is 0.463. The van der Waals surface area contributed by atoms with Crippen LogP contribution < -0.4 is 11.3 Å². The van der Waals surface area contributed by atoms with Crippen LogP contribution in [0.1, 0.15) is 20.8 Å². The molecule has 10 heavy (non-hydrogen) atoms. The first-order valence-corrected chi connectivity index (χ1v) is 4.91. The van der Waals surface area contributed by atoms with Crippen LogP contribution in [0.2, 0.25) is 0 Å². The van der Waals surface area contributed by atoms with Crippen LogP contribution in [-0.2, 0) is 0 Å². The molecule has 0 bridgehead atoms. The monoisotopic (exact) mass is 162 g/mol. The summed E-state index contributed by atoms with van der Waals surface area (Å²) in [5.41, 5.74) is 2.82. The van der Waals surface area contributed by atoms with Gasteiger partial charge in [-0.25, -0.2) is 0 Å². The van der Waals surface area contributed by atoms with Gasteiger partial charge in [-0.2, -0.15) is 11.8 Å². The fourth-order valence-corrected chi connectivity index (χ4v) is 1.65. The number of hydrogen-bond acceptors (Lipinski definition) is 3. The largest absolute Gasteiger partial charge is 0.271 e. The Morgan fingerprint density at radius 3 is 2.40 bits per heavy atom. The lowest BCUT2D eigenvalue weighted by atomic mass is 10.1. The number of nitrogens with one attached hydrogen (secondary N) is 1. The smallest absolute Gasteiger partial charge is 0.0324 e. The van der Waals surface area contributed by atoms with Crippen LogP contribution >= 0.6 is 11.8 Å². The highest BCUT2D eigenvalue weighted by Gasteiger charge is 2.09. The highest BCUT2D eigenvalue weighted by molar-refractivity contribution is 7.99. The minimum absolute atomic E-state index is 0.463. The zero-order valence-corrected chi connectivity index (χ0v) is 7.87. The molecule has 0 fully saturated rings. The molecule has 0 saturated heterocycles. The van der Waals surface area contributed by atoms with Gasteiger partial charge < -0.3 is 0 Å². The van der Waals surface area contributed by atoms with Gasteiger partial charge in [0.2, 0.25) is 0 Å². The Hall–Kier alpha value is 0.270. The van der Waals surface area contributed by atoms with E-state index in [0.29, 0.717) is 12.0 Å². The predicted molar refractivity (Wildman–Crippen MR) is 48.9 cm³/mol. The summed E-state index contributed by atoms with van der Waals surface area (Å²) in [5.74, 6) is 8.27.